The predicted molar refractivity (Wildman–Crippen MR) is 235 cm³/mol. The summed E-state index contributed by atoms with van der Waals surface area (Å²) >= 11 is 0. The molecule has 2 atom stereocenters. The summed E-state index contributed by atoms with van der Waals surface area (Å²) < 4.78 is 21.6. The van der Waals surface area contributed by atoms with Gasteiger partial charge in [0, 0.05) is 53.6 Å². The van der Waals surface area contributed by atoms with E-state index >= 15 is 4.39 Å². The van der Waals surface area contributed by atoms with E-state index in [1.54, 1.807) is 19.9 Å². The highest BCUT2D eigenvalue weighted by Gasteiger charge is 2.30. The van der Waals surface area contributed by atoms with Gasteiger partial charge in [-0.25, -0.2) is 14.4 Å². The standard InChI is InChI=1S/C48H54FN9O4/c1-27-34(28(2)52-46(61)44-55-47(62-56-44)48(3,4)5)12-13-37(41(27)49)42-40-36-11-10-33(24-38(36)53-43(40)51-26-50-42)58-22-16-29(17-23-58)25-57-20-18-31(19-21-57)30-6-8-32(9-7-30)35-14-15-39(59)54-45(35)60/h6-13,24,26,28-29,31,35H,14-23,25H2,1-5H3,(H,52,61)(H,50,51,53)(H,54,59,60)/t28-,35?/m1/s1. The summed E-state index contributed by atoms with van der Waals surface area (Å²) in [6, 6.07) is 18.0. The first kappa shape index (κ1) is 41.3. The second-order valence-electron chi connectivity index (χ2n) is 18.5. The van der Waals surface area contributed by atoms with Crippen molar-refractivity contribution >= 4 is 45.3 Å². The largest absolute Gasteiger partial charge is 0.371 e. The fraction of sp³-hybridized carbons (Fsp3) is 0.438. The zero-order chi connectivity index (χ0) is 43.3. The van der Waals surface area contributed by atoms with Gasteiger partial charge in [-0.1, -0.05) is 62.3 Å². The number of H-pyrrole nitrogens is 1. The number of nitrogens with zero attached hydrogens (tertiary/aromatic N) is 6. The number of carbonyl (C=O) groups excluding carboxylic acids is 3. The fourth-order valence-corrected chi connectivity index (χ4v) is 9.63. The summed E-state index contributed by atoms with van der Waals surface area (Å²) in [5.41, 5.74) is 6.58. The summed E-state index contributed by atoms with van der Waals surface area (Å²) in [5.74, 6) is -0.0299. The molecule has 3 aromatic heterocycles. The van der Waals surface area contributed by atoms with Crippen molar-refractivity contribution in [1.82, 2.24) is 40.6 Å². The Morgan fingerprint density at radius 2 is 1.69 bits per heavy atom. The fourth-order valence-electron chi connectivity index (χ4n) is 9.63. The van der Waals surface area contributed by atoms with Crippen LogP contribution >= 0.6 is 0 Å². The molecular weight excluding hydrogens is 786 g/mol. The molecule has 0 radical (unpaired) electrons. The molecule has 3 aliphatic rings. The maximum absolute atomic E-state index is 16.3. The maximum Gasteiger partial charge on any atom is 0.293 e. The molecule has 3 aliphatic heterocycles. The molecule has 6 heterocycles. The van der Waals surface area contributed by atoms with Crippen LogP contribution in [-0.4, -0.2) is 80.4 Å². The summed E-state index contributed by atoms with van der Waals surface area (Å²) in [7, 11) is 0. The number of carbonyl (C=O) groups is 3. The first-order valence-electron chi connectivity index (χ1n) is 21.9. The molecule has 62 heavy (non-hydrogen) atoms. The van der Waals surface area contributed by atoms with Crippen LogP contribution in [0.5, 0.6) is 0 Å². The van der Waals surface area contributed by atoms with E-state index in [0.717, 1.165) is 85.9 Å². The number of nitrogens with one attached hydrogen (secondary N) is 3. The number of imide groups is 1. The average molecular weight is 840 g/mol. The molecule has 9 rings (SSSR count). The molecule has 0 spiro atoms. The molecule has 322 valence electrons. The smallest absolute Gasteiger partial charge is 0.293 e. The highest BCUT2D eigenvalue weighted by molar-refractivity contribution is 6.12. The second-order valence-corrected chi connectivity index (χ2v) is 18.5. The Bertz CT molecular complexity index is 2650. The van der Waals surface area contributed by atoms with Crippen LogP contribution in [0.1, 0.15) is 123 Å². The van der Waals surface area contributed by atoms with Crippen molar-refractivity contribution in [3.63, 3.8) is 0 Å². The average Bonchev–Trinajstić information content (AvgIpc) is 3.92. The van der Waals surface area contributed by atoms with Gasteiger partial charge in [0.2, 0.25) is 17.7 Å². The van der Waals surface area contributed by atoms with Gasteiger partial charge in [0.15, 0.2) is 0 Å². The number of aromatic nitrogens is 5. The number of hydrogen-bond acceptors (Lipinski definition) is 10. The number of rotatable bonds is 9. The number of hydrogen-bond donors (Lipinski definition) is 3. The zero-order valence-corrected chi connectivity index (χ0v) is 36.1. The third kappa shape index (κ3) is 8.19. The zero-order valence-electron chi connectivity index (χ0n) is 36.1. The lowest BCUT2D eigenvalue weighted by Gasteiger charge is -2.38. The molecule has 0 aliphatic carbocycles. The van der Waals surface area contributed by atoms with Gasteiger partial charge < -0.3 is 24.6 Å². The lowest BCUT2D eigenvalue weighted by atomic mass is 9.85. The van der Waals surface area contributed by atoms with Crippen molar-refractivity contribution in [1.29, 1.82) is 0 Å². The van der Waals surface area contributed by atoms with Crippen LogP contribution in [0, 0.1) is 18.7 Å². The molecule has 3 aromatic carbocycles. The minimum atomic E-state index is -0.520. The third-order valence-electron chi connectivity index (χ3n) is 13.3. The number of benzene rings is 3. The number of fused-ring (bicyclic) bond motifs is 3. The number of aromatic amines is 1. The van der Waals surface area contributed by atoms with Crippen molar-refractivity contribution < 1.29 is 23.3 Å². The maximum atomic E-state index is 16.3. The van der Waals surface area contributed by atoms with E-state index < -0.39 is 23.2 Å². The van der Waals surface area contributed by atoms with Crippen molar-refractivity contribution in [2.45, 2.75) is 96.4 Å². The summed E-state index contributed by atoms with van der Waals surface area (Å²) in [4.78, 5) is 58.8. The lowest BCUT2D eigenvalue weighted by Crippen LogP contribution is -2.41. The van der Waals surface area contributed by atoms with E-state index in [0.29, 0.717) is 58.6 Å². The van der Waals surface area contributed by atoms with Crippen molar-refractivity contribution in [3.8, 4) is 11.3 Å². The molecule has 1 unspecified atom stereocenters. The van der Waals surface area contributed by atoms with Gasteiger partial charge >= 0.3 is 0 Å². The minimum absolute atomic E-state index is 0.0642. The quantitative estimate of drug-likeness (QED) is 0.122. The molecule has 3 amide bonds. The van der Waals surface area contributed by atoms with Gasteiger partial charge in [0.25, 0.3) is 11.7 Å². The van der Waals surface area contributed by atoms with Crippen molar-refractivity contribution in [2.75, 3.05) is 37.6 Å². The first-order valence-corrected chi connectivity index (χ1v) is 21.9. The van der Waals surface area contributed by atoms with E-state index in [9.17, 15) is 14.4 Å². The van der Waals surface area contributed by atoms with E-state index in [1.807, 2.05) is 26.8 Å². The van der Waals surface area contributed by atoms with Crippen molar-refractivity contribution in [3.05, 3.63) is 101 Å². The van der Waals surface area contributed by atoms with E-state index in [2.05, 4.69) is 88.0 Å². The van der Waals surface area contributed by atoms with Crippen LogP contribution in [0.2, 0.25) is 0 Å². The summed E-state index contributed by atoms with van der Waals surface area (Å²) in [6.07, 6.45) is 6.97. The molecule has 3 N–H and O–H groups in total. The third-order valence-corrected chi connectivity index (χ3v) is 13.3. The second kappa shape index (κ2) is 16.7. The van der Waals surface area contributed by atoms with Gasteiger partial charge in [-0.05, 0) is 111 Å². The molecule has 6 aromatic rings. The van der Waals surface area contributed by atoms with E-state index in [-0.39, 0.29) is 23.6 Å². The molecule has 0 saturated carbocycles. The van der Waals surface area contributed by atoms with E-state index in [4.69, 9.17) is 4.52 Å². The number of halogens is 1. The summed E-state index contributed by atoms with van der Waals surface area (Å²) in [6.45, 7) is 14.6. The van der Waals surface area contributed by atoms with Gasteiger partial charge in [0.05, 0.1) is 23.0 Å². The number of amides is 3. The first-order chi connectivity index (χ1) is 29.8. The van der Waals surface area contributed by atoms with Gasteiger partial charge in [0.1, 0.15) is 17.8 Å². The van der Waals surface area contributed by atoms with Crippen LogP contribution in [0.4, 0.5) is 10.1 Å². The molecule has 3 saturated heterocycles. The topological polar surface area (TPSA) is 162 Å². The molecule has 0 bridgehead atoms. The highest BCUT2D eigenvalue weighted by atomic mass is 19.1. The van der Waals surface area contributed by atoms with Gasteiger partial charge in [-0.15, -0.1) is 0 Å². The molecule has 3 fully saturated rings. The van der Waals surface area contributed by atoms with Crippen LogP contribution in [0.3, 0.4) is 0 Å². The van der Waals surface area contributed by atoms with Gasteiger partial charge in [-0.3, -0.25) is 19.7 Å². The van der Waals surface area contributed by atoms with Crippen LogP contribution in [-0.2, 0) is 15.0 Å². The van der Waals surface area contributed by atoms with Crippen LogP contribution in [0.25, 0.3) is 33.2 Å². The monoisotopic (exact) mass is 839 g/mol. The Morgan fingerprint density at radius 3 is 2.40 bits per heavy atom. The van der Waals surface area contributed by atoms with Crippen LogP contribution in [0.15, 0.2) is 65.4 Å². The Morgan fingerprint density at radius 1 is 0.952 bits per heavy atom. The molecule has 13 nitrogen and oxygen atoms in total. The van der Waals surface area contributed by atoms with Crippen molar-refractivity contribution in [2.24, 2.45) is 5.92 Å². The molecule has 14 heteroatoms. The predicted octanol–water partition coefficient (Wildman–Crippen LogP) is 8.01. The number of piperidine rings is 3. The Balaban J connectivity index is 0.813. The Hall–Kier alpha value is -6.02. The molecular formula is C48H54FN9O4. The normalized spacial score (nSPS) is 19.0. The Labute approximate surface area is 360 Å². The highest BCUT2D eigenvalue weighted by Crippen LogP contribution is 2.38. The van der Waals surface area contributed by atoms with E-state index in [1.165, 1.54) is 11.9 Å². The SMILES string of the molecule is Cc1c([C@@H](C)NC(=O)c2noc(C(C)(C)C)n2)ccc(-c2ncnc3[nH]c4cc(N5CCC(CN6CCC(c7ccc(C8CCC(=O)NC8=O)cc7)CC6)CC5)ccc4c23)c1F. The summed E-state index contributed by atoms with van der Waals surface area (Å²) in [5, 5.41) is 10.9. The number of likely N-dealkylation sites (tertiary alicyclic amines) is 1. The Kier molecular flexibility index (Phi) is 11.1. The lowest BCUT2D eigenvalue weighted by molar-refractivity contribution is -0.134. The number of anilines is 1. The van der Waals surface area contributed by atoms with Crippen LogP contribution < -0.4 is 15.5 Å². The van der Waals surface area contributed by atoms with Gasteiger partial charge in [-0.2, -0.15) is 4.98 Å². The minimum Gasteiger partial charge on any atom is -0.371 e.